The number of carbonyl (C=O) groups is 1. The van der Waals surface area contributed by atoms with Gasteiger partial charge < -0.3 is 9.88 Å². The maximum atomic E-state index is 12.5. The zero-order valence-corrected chi connectivity index (χ0v) is 13.6. The summed E-state index contributed by atoms with van der Waals surface area (Å²) in [7, 11) is 0. The minimum atomic E-state index is 0.293. The summed E-state index contributed by atoms with van der Waals surface area (Å²) in [5, 5.41) is 3.31. The second kappa shape index (κ2) is 5.71. The highest BCUT2D eigenvalue weighted by Gasteiger charge is 2.47. The van der Waals surface area contributed by atoms with Gasteiger partial charge in [-0.15, -0.1) is 0 Å². The molecular formula is C18H27N3O. The van der Waals surface area contributed by atoms with Gasteiger partial charge in [0.25, 0.3) is 0 Å². The van der Waals surface area contributed by atoms with E-state index in [1.54, 1.807) is 0 Å². The van der Waals surface area contributed by atoms with Crippen LogP contribution in [0.1, 0.15) is 56.5 Å². The van der Waals surface area contributed by atoms with Crippen molar-refractivity contribution in [2.45, 2.75) is 70.9 Å². The van der Waals surface area contributed by atoms with E-state index >= 15 is 0 Å². The standard InChI is InChI=1S/C18H27N3O/c1-12-10-21-11-14(7-8-17(21)19-12)20-18(22)16-9-15(16)13-5-3-2-4-6-13/h10,13-16H,2-9,11H2,1H3,(H,20,22). The smallest absolute Gasteiger partial charge is 0.223 e. The molecule has 2 aliphatic carbocycles. The lowest BCUT2D eigenvalue weighted by Crippen LogP contribution is -2.42. The van der Waals surface area contributed by atoms with E-state index in [1.165, 1.54) is 37.9 Å². The van der Waals surface area contributed by atoms with Gasteiger partial charge in [0.15, 0.2) is 0 Å². The van der Waals surface area contributed by atoms with Gasteiger partial charge in [-0.3, -0.25) is 4.79 Å². The maximum Gasteiger partial charge on any atom is 0.223 e. The first-order valence-electron chi connectivity index (χ1n) is 9.04. The third-order valence-corrected chi connectivity index (χ3v) is 5.89. The molecule has 2 saturated carbocycles. The summed E-state index contributed by atoms with van der Waals surface area (Å²) in [6.45, 7) is 2.93. The molecule has 3 atom stereocenters. The fraction of sp³-hybridized carbons (Fsp3) is 0.778. The summed E-state index contributed by atoms with van der Waals surface area (Å²) in [5.41, 5.74) is 1.08. The Morgan fingerprint density at radius 3 is 2.91 bits per heavy atom. The van der Waals surface area contributed by atoms with Crippen LogP contribution in [0, 0.1) is 24.7 Å². The highest BCUT2D eigenvalue weighted by Crippen LogP contribution is 2.49. The topological polar surface area (TPSA) is 46.9 Å². The van der Waals surface area contributed by atoms with E-state index in [2.05, 4.69) is 21.1 Å². The summed E-state index contributed by atoms with van der Waals surface area (Å²) >= 11 is 0. The number of nitrogens with one attached hydrogen (secondary N) is 1. The van der Waals surface area contributed by atoms with Crippen molar-refractivity contribution in [3.63, 3.8) is 0 Å². The Hall–Kier alpha value is -1.32. The third-order valence-electron chi connectivity index (χ3n) is 5.89. The minimum absolute atomic E-state index is 0.293. The molecule has 1 aromatic rings. The van der Waals surface area contributed by atoms with Crippen LogP contribution in [0.5, 0.6) is 0 Å². The summed E-state index contributed by atoms with van der Waals surface area (Å²) < 4.78 is 2.22. The Labute approximate surface area is 132 Å². The van der Waals surface area contributed by atoms with E-state index in [1.807, 2.05) is 6.92 Å². The van der Waals surface area contributed by atoms with E-state index < -0.39 is 0 Å². The van der Waals surface area contributed by atoms with Crippen LogP contribution in [0.25, 0.3) is 0 Å². The molecule has 3 aliphatic rings. The van der Waals surface area contributed by atoms with E-state index in [0.717, 1.165) is 37.4 Å². The molecule has 22 heavy (non-hydrogen) atoms. The van der Waals surface area contributed by atoms with Crippen molar-refractivity contribution in [2.24, 2.45) is 17.8 Å². The molecule has 2 fully saturated rings. The molecule has 1 N–H and O–H groups in total. The molecule has 4 rings (SSSR count). The largest absolute Gasteiger partial charge is 0.351 e. The number of fused-ring (bicyclic) bond motifs is 1. The molecule has 0 aromatic carbocycles. The Morgan fingerprint density at radius 1 is 1.27 bits per heavy atom. The van der Waals surface area contributed by atoms with E-state index in [0.29, 0.717) is 23.8 Å². The molecular weight excluding hydrogens is 274 g/mol. The van der Waals surface area contributed by atoms with Gasteiger partial charge in [0, 0.05) is 31.1 Å². The molecule has 0 spiro atoms. The van der Waals surface area contributed by atoms with Gasteiger partial charge in [-0.1, -0.05) is 32.1 Å². The lowest BCUT2D eigenvalue weighted by atomic mass is 9.85. The predicted molar refractivity (Wildman–Crippen MR) is 85.4 cm³/mol. The van der Waals surface area contributed by atoms with Crippen molar-refractivity contribution in [2.75, 3.05) is 0 Å². The zero-order chi connectivity index (χ0) is 15.1. The quantitative estimate of drug-likeness (QED) is 0.933. The fourth-order valence-corrected chi connectivity index (χ4v) is 4.61. The normalized spacial score (nSPS) is 31.6. The molecule has 120 valence electrons. The third kappa shape index (κ3) is 2.80. The van der Waals surface area contributed by atoms with Gasteiger partial charge in [-0.2, -0.15) is 0 Å². The molecule has 4 heteroatoms. The van der Waals surface area contributed by atoms with Crippen LogP contribution in [0.3, 0.4) is 0 Å². The molecule has 0 radical (unpaired) electrons. The first-order valence-corrected chi connectivity index (χ1v) is 9.04. The molecule has 0 saturated heterocycles. The lowest BCUT2D eigenvalue weighted by molar-refractivity contribution is -0.123. The van der Waals surface area contributed by atoms with Crippen molar-refractivity contribution >= 4 is 5.91 Å². The van der Waals surface area contributed by atoms with Crippen LogP contribution >= 0.6 is 0 Å². The van der Waals surface area contributed by atoms with E-state index in [-0.39, 0.29) is 0 Å². The Morgan fingerprint density at radius 2 is 2.09 bits per heavy atom. The van der Waals surface area contributed by atoms with Crippen molar-refractivity contribution < 1.29 is 4.79 Å². The van der Waals surface area contributed by atoms with Crippen LogP contribution in [-0.2, 0) is 17.8 Å². The summed E-state index contributed by atoms with van der Waals surface area (Å²) in [4.78, 5) is 17.0. The predicted octanol–water partition coefficient (Wildman–Crippen LogP) is 2.84. The average molecular weight is 301 g/mol. The monoisotopic (exact) mass is 301 g/mol. The summed E-state index contributed by atoms with van der Waals surface area (Å²) in [5.74, 6) is 3.33. The van der Waals surface area contributed by atoms with Gasteiger partial charge in [0.1, 0.15) is 5.82 Å². The number of imidazole rings is 1. The van der Waals surface area contributed by atoms with Crippen molar-refractivity contribution in [3.05, 3.63) is 17.7 Å². The van der Waals surface area contributed by atoms with Crippen LogP contribution in [0.4, 0.5) is 0 Å². The molecule has 1 aliphatic heterocycles. The SMILES string of the molecule is Cc1cn2c(n1)CCC(NC(=O)C1CC1C1CCCCC1)C2. The number of aryl methyl sites for hydroxylation is 2. The van der Waals surface area contributed by atoms with E-state index in [4.69, 9.17) is 0 Å². The first kappa shape index (κ1) is 14.3. The second-order valence-corrected chi connectivity index (χ2v) is 7.60. The maximum absolute atomic E-state index is 12.5. The Bertz CT molecular complexity index is 559. The summed E-state index contributed by atoms with van der Waals surface area (Å²) in [6, 6.07) is 0.293. The summed E-state index contributed by atoms with van der Waals surface area (Å²) in [6.07, 6.45) is 12.1. The lowest BCUT2D eigenvalue weighted by Gasteiger charge is -2.25. The van der Waals surface area contributed by atoms with Crippen molar-refractivity contribution in [1.29, 1.82) is 0 Å². The highest BCUT2D eigenvalue weighted by atomic mass is 16.2. The number of carbonyl (C=O) groups excluding carboxylic acids is 1. The molecule has 1 aromatic heterocycles. The number of amides is 1. The zero-order valence-electron chi connectivity index (χ0n) is 13.6. The van der Waals surface area contributed by atoms with Gasteiger partial charge >= 0.3 is 0 Å². The fourth-order valence-electron chi connectivity index (χ4n) is 4.61. The molecule has 0 bridgehead atoms. The Kier molecular flexibility index (Phi) is 3.71. The number of aromatic nitrogens is 2. The Balaban J connectivity index is 1.30. The van der Waals surface area contributed by atoms with Crippen LogP contribution in [0.2, 0.25) is 0 Å². The minimum Gasteiger partial charge on any atom is -0.351 e. The highest BCUT2D eigenvalue weighted by molar-refractivity contribution is 5.81. The number of rotatable bonds is 3. The van der Waals surface area contributed by atoms with Gasteiger partial charge in [0.2, 0.25) is 5.91 Å². The van der Waals surface area contributed by atoms with Crippen molar-refractivity contribution in [1.82, 2.24) is 14.9 Å². The molecule has 3 unspecified atom stereocenters. The molecule has 2 heterocycles. The van der Waals surface area contributed by atoms with Crippen LogP contribution in [0.15, 0.2) is 6.20 Å². The van der Waals surface area contributed by atoms with Crippen molar-refractivity contribution in [3.8, 4) is 0 Å². The molecule has 4 nitrogen and oxygen atoms in total. The number of nitrogens with zero attached hydrogens (tertiary/aromatic N) is 2. The van der Waals surface area contributed by atoms with E-state index in [9.17, 15) is 4.79 Å². The number of hydrogen-bond donors (Lipinski definition) is 1. The first-order chi connectivity index (χ1) is 10.7. The molecule has 1 amide bonds. The van der Waals surface area contributed by atoms with Crippen LogP contribution < -0.4 is 5.32 Å². The van der Waals surface area contributed by atoms with Gasteiger partial charge in [-0.05, 0) is 31.6 Å². The van der Waals surface area contributed by atoms with Gasteiger partial charge in [0.05, 0.1) is 5.69 Å². The second-order valence-electron chi connectivity index (χ2n) is 7.60. The number of hydrogen-bond acceptors (Lipinski definition) is 2. The average Bonchev–Trinajstić information content (AvgIpc) is 3.24. The van der Waals surface area contributed by atoms with Gasteiger partial charge in [-0.25, -0.2) is 4.98 Å². The van der Waals surface area contributed by atoms with Crippen LogP contribution in [-0.4, -0.2) is 21.5 Å².